The molecule has 0 fully saturated rings. The molecule has 95 heavy (non-hydrogen) atoms. The Bertz CT molecular complexity index is 1450. The van der Waals surface area contributed by atoms with Crippen LogP contribution >= 0.6 is 0 Å². The Kier molecular flexibility index (Phi) is 83.8. The maximum atomic E-state index is 12.6. The Labute approximate surface area is 597 Å². The third-order valence-electron chi connectivity index (χ3n) is 21.3. The molecule has 0 aromatic heterocycles. The number of rotatable bonds is 85. The van der Waals surface area contributed by atoms with Crippen molar-refractivity contribution in [3.05, 3.63) is 12.2 Å². The van der Waals surface area contributed by atoms with Crippen LogP contribution in [0.25, 0.3) is 0 Å². The molecule has 0 aliphatic rings. The Morgan fingerprint density at radius 3 is 0.747 bits per heavy atom. The van der Waals surface area contributed by atoms with Gasteiger partial charge >= 0.3 is 5.97 Å². The molecule has 3 N–H and O–H groups in total. The van der Waals surface area contributed by atoms with E-state index in [-0.39, 0.29) is 18.5 Å². The molecule has 2 unspecified atom stereocenters. The highest BCUT2D eigenvalue weighted by molar-refractivity contribution is 5.76. The van der Waals surface area contributed by atoms with Crippen molar-refractivity contribution in [3.63, 3.8) is 0 Å². The van der Waals surface area contributed by atoms with Crippen molar-refractivity contribution in [2.75, 3.05) is 13.2 Å². The normalized spacial score (nSPS) is 12.4. The molecule has 0 spiro atoms. The Balaban J connectivity index is 3.33. The van der Waals surface area contributed by atoms with Crippen molar-refractivity contribution in [3.8, 4) is 0 Å². The summed E-state index contributed by atoms with van der Waals surface area (Å²) < 4.78 is 5.52. The van der Waals surface area contributed by atoms with Gasteiger partial charge in [0.1, 0.15) is 0 Å². The highest BCUT2D eigenvalue weighted by Gasteiger charge is 2.20. The van der Waals surface area contributed by atoms with Crippen molar-refractivity contribution in [1.29, 1.82) is 0 Å². The SMILES string of the molecule is CCCCCCCCCCCCCCCCCCCCCCCCCCCC(O)C(CO)NC(=O)CCCCCCCCCCCCCCCCCCC/C=C\CCCCCCCCCCCCCCCCOC(=O)CCCCCCCCCCCCCCCCCCCC. The summed E-state index contributed by atoms with van der Waals surface area (Å²) in [5.41, 5.74) is 0. The third-order valence-corrected chi connectivity index (χ3v) is 21.3. The first-order valence-electron chi connectivity index (χ1n) is 44.4. The van der Waals surface area contributed by atoms with Crippen LogP contribution in [-0.2, 0) is 14.3 Å². The Hall–Kier alpha value is -1.40. The zero-order valence-electron chi connectivity index (χ0n) is 65.2. The van der Waals surface area contributed by atoms with Crippen molar-refractivity contribution in [2.24, 2.45) is 0 Å². The van der Waals surface area contributed by atoms with Crippen LogP contribution in [0.2, 0.25) is 0 Å². The first-order chi connectivity index (χ1) is 47.0. The molecule has 6 heteroatoms. The molecule has 0 bridgehead atoms. The summed E-state index contributed by atoms with van der Waals surface area (Å²) >= 11 is 0. The van der Waals surface area contributed by atoms with E-state index in [0.717, 1.165) is 38.5 Å². The molecule has 2 atom stereocenters. The lowest BCUT2D eigenvalue weighted by Crippen LogP contribution is -2.45. The van der Waals surface area contributed by atoms with Crippen LogP contribution in [0.15, 0.2) is 12.2 Å². The summed E-state index contributed by atoms with van der Waals surface area (Å²) in [5, 5.41) is 23.5. The van der Waals surface area contributed by atoms with Crippen molar-refractivity contribution >= 4 is 11.9 Å². The number of ether oxygens (including phenoxy) is 1. The molecular formula is C89H175NO5. The molecule has 0 heterocycles. The monoisotopic (exact) mass is 1340 g/mol. The summed E-state index contributed by atoms with van der Waals surface area (Å²) in [6.07, 6.45) is 109. The van der Waals surface area contributed by atoms with E-state index >= 15 is 0 Å². The second-order valence-electron chi connectivity index (χ2n) is 30.9. The minimum atomic E-state index is -0.663. The summed E-state index contributed by atoms with van der Waals surface area (Å²) in [5.74, 6) is 0.00179. The molecule has 0 aromatic carbocycles. The van der Waals surface area contributed by atoms with Gasteiger partial charge in [-0.05, 0) is 51.4 Å². The minimum absolute atomic E-state index is 0.0245. The van der Waals surface area contributed by atoms with E-state index in [4.69, 9.17) is 4.74 Å². The van der Waals surface area contributed by atoms with E-state index < -0.39 is 12.1 Å². The number of aliphatic hydroxyl groups is 2. The highest BCUT2D eigenvalue weighted by Crippen LogP contribution is 2.21. The van der Waals surface area contributed by atoms with Gasteiger partial charge in [0.2, 0.25) is 5.91 Å². The standard InChI is InChI=1S/C89H175NO5/c1-3-5-7-9-11-13-15-17-19-21-23-24-25-37-40-43-46-49-53-57-61-65-69-73-77-81-87(92)86(85-91)90-88(93)82-78-74-70-66-62-58-54-50-47-44-41-38-35-33-31-29-27-26-28-30-32-34-36-39-42-45-48-52-56-60-64-68-72-76-80-84-95-89(94)83-79-75-71-67-63-59-55-51-22-20-18-16-14-12-10-8-6-4-2/h28,30,86-87,91-92H,3-27,29,31-85H2,1-2H3,(H,90,93)/b30-28-. The zero-order valence-corrected chi connectivity index (χ0v) is 65.2. The first kappa shape index (κ1) is 93.6. The van der Waals surface area contributed by atoms with Gasteiger partial charge in [0.15, 0.2) is 0 Å². The second kappa shape index (κ2) is 85.0. The molecule has 566 valence electrons. The van der Waals surface area contributed by atoms with Crippen LogP contribution in [0.3, 0.4) is 0 Å². The van der Waals surface area contributed by atoms with Gasteiger partial charge in [0, 0.05) is 12.8 Å². The molecular weight excluding hydrogens is 1160 g/mol. The molecule has 0 saturated carbocycles. The fraction of sp³-hybridized carbons (Fsp3) is 0.955. The van der Waals surface area contributed by atoms with Crippen LogP contribution in [0.4, 0.5) is 0 Å². The second-order valence-corrected chi connectivity index (χ2v) is 30.9. The number of allylic oxidation sites excluding steroid dienone is 2. The number of unbranched alkanes of at least 4 members (excludes halogenated alkanes) is 72. The van der Waals surface area contributed by atoms with E-state index in [0.29, 0.717) is 25.9 Å². The van der Waals surface area contributed by atoms with E-state index in [9.17, 15) is 19.8 Å². The quantitative estimate of drug-likeness (QED) is 0.0320. The smallest absolute Gasteiger partial charge is 0.305 e. The van der Waals surface area contributed by atoms with Gasteiger partial charge in [-0.2, -0.15) is 0 Å². The predicted molar refractivity (Wildman–Crippen MR) is 421 cm³/mol. The number of hydrogen-bond acceptors (Lipinski definition) is 5. The lowest BCUT2D eigenvalue weighted by Gasteiger charge is -2.22. The van der Waals surface area contributed by atoms with Crippen molar-refractivity contribution < 1.29 is 24.5 Å². The van der Waals surface area contributed by atoms with Crippen LogP contribution in [0.1, 0.15) is 521 Å². The van der Waals surface area contributed by atoms with Gasteiger partial charge in [0.25, 0.3) is 0 Å². The average Bonchev–Trinajstić information content (AvgIpc) is 3.42. The van der Waals surface area contributed by atoms with E-state index in [1.807, 2.05) is 0 Å². The number of amides is 1. The number of nitrogens with one attached hydrogen (secondary N) is 1. The number of carbonyl (C=O) groups is 2. The lowest BCUT2D eigenvalue weighted by molar-refractivity contribution is -0.143. The predicted octanol–water partition coefficient (Wildman–Crippen LogP) is 29.8. The van der Waals surface area contributed by atoms with Gasteiger partial charge in [-0.25, -0.2) is 0 Å². The van der Waals surface area contributed by atoms with Crippen LogP contribution in [0, 0.1) is 0 Å². The van der Waals surface area contributed by atoms with E-state index in [1.54, 1.807) is 0 Å². The van der Waals surface area contributed by atoms with Gasteiger partial charge in [-0.1, -0.05) is 469 Å². The average molecular weight is 1340 g/mol. The van der Waals surface area contributed by atoms with E-state index in [1.165, 1.54) is 449 Å². The molecule has 0 aliphatic heterocycles. The molecule has 0 rings (SSSR count). The Morgan fingerprint density at radius 2 is 0.495 bits per heavy atom. The molecule has 0 aromatic rings. The first-order valence-corrected chi connectivity index (χ1v) is 44.4. The number of esters is 1. The summed E-state index contributed by atoms with van der Waals surface area (Å²) in [7, 11) is 0. The molecule has 0 saturated heterocycles. The molecule has 1 amide bonds. The third kappa shape index (κ3) is 81.5. The summed E-state index contributed by atoms with van der Waals surface area (Å²) in [6, 6.07) is -0.540. The molecule has 0 aliphatic carbocycles. The molecule has 6 nitrogen and oxygen atoms in total. The van der Waals surface area contributed by atoms with Crippen LogP contribution < -0.4 is 5.32 Å². The van der Waals surface area contributed by atoms with Crippen LogP contribution in [-0.4, -0.2) is 47.4 Å². The zero-order chi connectivity index (χ0) is 68.4. The number of hydrogen-bond donors (Lipinski definition) is 3. The maximum absolute atomic E-state index is 12.6. The lowest BCUT2D eigenvalue weighted by atomic mass is 10.0. The van der Waals surface area contributed by atoms with Gasteiger partial charge in [-0.15, -0.1) is 0 Å². The van der Waals surface area contributed by atoms with Gasteiger partial charge in [-0.3, -0.25) is 9.59 Å². The molecule has 0 radical (unpaired) electrons. The van der Waals surface area contributed by atoms with Crippen molar-refractivity contribution in [1.82, 2.24) is 5.32 Å². The summed E-state index contributed by atoms with van der Waals surface area (Å²) in [6.45, 7) is 5.03. The van der Waals surface area contributed by atoms with Gasteiger partial charge in [0.05, 0.1) is 25.4 Å². The largest absolute Gasteiger partial charge is 0.466 e. The minimum Gasteiger partial charge on any atom is -0.466 e. The van der Waals surface area contributed by atoms with Gasteiger partial charge < -0.3 is 20.3 Å². The number of aliphatic hydroxyl groups excluding tert-OH is 2. The van der Waals surface area contributed by atoms with Crippen LogP contribution in [0.5, 0.6) is 0 Å². The fourth-order valence-corrected chi connectivity index (χ4v) is 14.6. The maximum Gasteiger partial charge on any atom is 0.305 e. The number of carbonyl (C=O) groups excluding carboxylic acids is 2. The fourth-order valence-electron chi connectivity index (χ4n) is 14.6. The summed E-state index contributed by atoms with van der Waals surface area (Å²) in [4.78, 5) is 24.7. The van der Waals surface area contributed by atoms with Crippen molar-refractivity contribution in [2.45, 2.75) is 533 Å². The Morgan fingerprint density at radius 1 is 0.284 bits per heavy atom. The topological polar surface area (TPSA) is 95.9 Å². The van der Waals surface area contributed by atoms with E-state index in [2.05, 4.69) is 31.3 Å². The highest BCUT2D eigenvalue weighted by atomic mass is 16.5.